The van der Waals surface area contributed by atoms with E-state index in [-0.39, 0.29) is 18.5 Å². The summed E-state index contributed by atoms with van der Waals surface area (Å²) in [4.78, 5) is 14.5. The highest BCUT2D eigenvalue weighted by molar-refractivity contribution is 5.93. The van der Waals surface area contributed by atoms with Crippen LogP contribution in [0, 0.1) is 27.7 Å². The van der Waals surface area contributed by atoms with Crippen LogP contribution in [0.2, 0.25) is 0 Å². The molecule has 6 nitrogen and oxygen atoms in total. The number of nitrogens with one attached hydrogen (secondary N) is 1. The molecular weight excluding hydrogens is 364 g/mol. The summed E-state index contributed by atoms with van der Waals surface area (Å²) in [6.07, 6.45) is 0. The minimum Gasteiger partial charge on any atom is -0.419 e. The Morgan fingerprint density at radius 3 is 2.28 bits per heavy atom. The minimum absolute atomic E-state index is 0.0762. The lowest BCUT2D eigenvalue weighted by atomic mass is 10.1. The predicted octanol–water partition coefficient (Wildman–Crippen LogP) is 4.60. The van der Waals surface area contributed by atoms with E-state index < -0.39 is 0 Å². The van der Waals surface area contributed by atoms with Gasteiger partial charge in [-0.2, -0.15) is 0 Å². The van der Waals surface area contributed by atoms with Gasteiger partial charge in [-0.1, -0.05) is 35.4 Å². The average molecular weight is 393 g/mol. The molecule has 0 saturated heterocycles. The van der Waals surface area contributed by atoms with Crippen LogP contribution in [0.1, 0.15) is 41.1 Å². The lowest BCUT2D eigenvalue weighted by Crippen LogP contribution is -2.32. The number of amides is 1. The molecule has 0 aliphatic rings. The van der Waals surface area contributed by atoms with Gasteiger partial charge >= 0.3 is 0 Å². The Hall–Kier alpha value is -2.99. The average Bonchev–Trinajstić information content (AvgIpc) is 3.14. The van der Waals surface area contributed by atoms with Crippen molar-refractivity contribution in [2.24, 2.45) is 0 Å². The molecule has 2 aromatic carbocycles. The van der Waals surface area contributed by atoms with Crippen LogP contribution in [0.4, 0.5) is 5.69 Å². The van der Waals surface area contributed by atoms with E-state index in [1.54, 1.807) is 0 Å². The zero-order valence-corrected chi connectivity index (χ0v) is 17.9. The number of rotatable bonds is 6. The van der Waals surface area contributed by atoms with Crippen molar-refractivity contribution in [3.8, 4) is 11.5 Å². The maximum Gasteiger partial charge on any atom is 0.247 e. The summed E-state index contributed by atoms with van der Waals surface area (Å²) in [5.41, 5.74) is 6.24. The first-order chi connectivity index (χ1) is 13.7. The fourth-order valence-electron chi connectivity index (χ4n) is 3.32. The van der Waals surface area contributed by atoms with Gasteiger partial charge in [0, 0.05) is 11.3 Å². The van der Waals surface area contributed by atoms with E-state index in [0.29, 0.717) is 11.8 Å². The zero-order valence-electron chi connectivity index (χ0n) is 17.9. The molecule has 1 amide bonds. The smallest absolute Gasteiger partial charge is 0.247 e. The largest absolute Gasteiger partial charge is 0.419 e. The van der Waals surface area contributed by atoms with Crippen molar-refractivity contribution in [1.29, 1.82) is 0 Å². The number of nitrogens with zero attached hydrogens (tertiary/aromatic N) is 3. The number of carbonyl (C=O) groups is 1. The second kappa shape index (κ2) is 8.57. The van der Waals surface area contributed by atoms with E-state index in [2.05, 4.69) is 34.6 Å². The van der Waals surface area contributed by atoms with Gasteiger partial charge < -0.3 is 9.73 Å². The Morgan fingerprint density at radius 2 is 1.66 bits per heavy atom. The van der Waals surface area contributed by atoms with Crippen molar-refractivity contribution in [1.82, 2.24) is 15.1 Å². The fraction of sp³-hybridized carbons (Fsp3) is 0.348. The molecule has 0 spiro atoms. The van der Waals surface area contributed by atoms with Crippen molar-refractivity contribution in [2.45, 2.75) is 40.7 Å². The first kappa shape index (κ1) is 20.7. The second-order valence-electron chi connectivity index (χ2n) is 7.72. The summed E-state index contributed by atoms with van der Waals surface area (Å²) >= 11 is 0. The number of aryl methyl sites for hydroxylation is 4. The molecule has 0 unspecified atom stereocenters. The molecule has 3 rings (SSSR count). The first-order valence-electron chi connectivity index (χ1n) is 9.73. The molecule has 0 fully saturated rings. The Labute approximate surface area is 172 Å². The van der Waals surface area contributed by atoms with Gasteiger partial charge in [0.1, 0.15) is 0 Å². The van der Waals surface area contributed by atoms with Crippen LogP contribution in [0.3, 0.4) is 0 Å². The van der Waals surface area contributed by atoms with Gasteiger partial charge in [0.2, 0.25) is 17.7 Å². The molecule has 0 radical (unpaired) electrons. The molecular formula is C23H28N4O2. The summed E-state index contributed by atoms with van der Waals surface area (Å²) in [6.45, 7) is 10.3. The molecule has 29 heavy (non-hydrogen) atoms. The highest BCUT2D eigenvalue weighted by Gasteiger charge is 2.21. The van der Waals surface area contributed by atoms with Crippen molar-refractivity contribution >= 4 is 11.6 Å². The Balaban J connectivity index is 1.65. The van der Waals surface area contributed by atoms with Crippen LogP contribution in [0.5, 0.6) is 0 Å². The molecule has 0 aliphatic heterocycles. The molecule has 1 atom stereocenters. The SMILES string of the molecule is Cc1ccc(-c2nnc([C@H](C)N(C)CC(=O)Nc3c(C)cc(C)cc3C)o2)cc1. The third-order valence-corrected chi connectivity index (χ3v) is 5.09. The summed E-state index contributed by atoms with van der Waals surface area (Å²) in [6, 6.07) is 11.9. The van der Waals surface area contributed by atoms with E-state index >= 15 is 0 Å². The van der Waals surface area contributed by atoms with Crippen LogP contribution in [-0.4, -0.2) is 34.6 Å². The van der Waals surface area contributed by atoms with E-state index in [1.165, 1.54) is 11.1 Å². The number of anilines is 1. The number of hydrogen-bond acceptors (Lipinski definition) is 5. The summed E-state index contributed by atoms with van der Waals surface area (Å²) < 4.78 is 5.85. The van der Waals surface area contributed by atoms with Crippen LogP contribution in [-0.2, 0) is 4.79 Å². The normalized spacial score (nSPS) is 12.2. The van der Waals surface area contributed by atoms with Crippen LogP contribution < -0.4 is 5.32 Å². The van der Waals surface area contributed by atoms with Gasteiger partial charge in [-0.05, 0) is 64.9 Å². The van der Waals surface area contributed by atoms with Crippen LogP contribution in [0.25, 0.3) is 11.5 Å². The van der Waals surface area contributed by atoms with Crippen LogP contribution in [0.15, 0.2) is 40.8 Å². The molecule has 1 N–H and O–H groups in total. The summed E-state index contributed by atoms with van der Waals surface area (Å²) in [7, 11) is 1.87. The number of hydrogen-bond donors (Lipinski definition) is 1. The quantitative estimate of drug-likeness (QED) is 0.664. The molecule has 1 aromatic heterocycles. The van der Waals surface area contributed by atoms with Gasteiger partial charge in [-0.25, -0.2) is 0 Å². The summed E-state index contributed by atoms with van der Waals surface area (Å²) in [5, 5.41) is 11.4. The highest BCUT2D eigenvalue weighted by Crippen LogP contribution is 2.24. The topological polar surface area (TPSA) is 71.3 Å². The number of carbonyl (C=O) groups excluding carboxylic acids is 1. The molecule has 0 bridgehead atoms. The molecule has 152 valence electrons. The number of aromatic nitrogens is 2. The van der Waals surface area contributed by atoms with Crippen LogP contribution >= 0.6 is 0 Å². The van der Waals surface area contributed by atoms with E-state index in [9.17, 15) is 4.79 Å². The fourth-order valence-corrected chi connectivity index (χ4v) is 3.32. The highest BCUT2D eigenvalue weighted by atomic mass is 16.4. The standard InChI is InChI=1S/C23H28N4O2/c1-14-7-9-19(10-8-14)23-26-25-22(29-23)18(5)27(6)13-20(28)24-21-16(3)11-15(2)12-17(21)4/h7-12,18H,13H2,1-6H3,(H,24,28)/t18-/m0/s1. The van der Waals surface area contributed by atoms with Gasteiger partial charge in [-0.3, -0.25) is 9.69 Å². The van der Waals surface area contributed by atoms with Crippen molar-refractivity contribution in [3.05, 3.63) is 64.5 Å². The Morgan fingerprint density at radius 1 is 1.03 bits per heavy atom. The number of benzene rings is 2. The van der Waals surface area contributed by atoms with Crippen molar-refractivity contribution < 1.29 is 9.21 Å². The molecule has 1 heterocycles. The monoisotopic (exact) mass is 392 g/mol. The third-order valence-electron chi connectivity index (χ3n) is 5.09. The van der Waals surface area contributed by atoms with Gasteiger partial charge in [0.05, 0.1) is 12.6 Å². The number of likely N-dealkylation sites (N-methyl/N-ethyl adjacent to an activating group) is 1. The zero-order chi connectivity index (χ0) is 21.1. The van der Waals surface area contributed by atoms with E-state index in [4.69, 9.17) is 4.42 Å². The van der Waals surface area contributed by atoms with Crippen molar-refractivity contribution in [3.63, 3.8) is 0 Å². The molecule has 0 saturated carbocycles. The maximum absolute atomic E-state index is 12.6. The Kier molecular flexibility index (Phi) is 6.13. The molecule has 0 aliphatic carbocycles. The lowest BCUT2D eigenvalue weighted by molar-refractivity contribution is -0.117. The van der Waals surface area contributed by atoms with E-state index in [0.717, 1.165) is 22.4 Å². The summed E-state index contributed by atoms with van der Waals surface area (Å²) in [5.74, 6) is 0.891. The van der Waals surface area contributed by atoms with Gasteiger partial charge in [0.15, 0.2) is 0 Å². The minimum atomic E-state index is -0.187. The second-order valence-corrected chi connectivity index (χ2v) is 7.72. The Bertz CT molecular complexity index is 985. The van der Waals surface area contributed by atoms with Gasteiger partial charge in [-0.15, -0.1) is 10.2 Å². The van der Waals surface area contributed by atoms with Gasteiger partial charge in [0.25, 0.3) is 0 Å². The molecule has 3 aromatic rings. The van der Waals surface area contributed by atoms with E-state index in [1.807, 2.05) is 63.9 Å². The molecule has 6 heteroatoms. The van der Waals surface area contributed by atoms with Crippen molar-refractivity contribution in [2.75, 3.05) is 18.9 Å². The first-order valence-corrected chi connectivity index (χ1v) is 9.73. The predicted molar refractivity (Wildman–Crippen MR) is 115 cm³/mol. The third kappa shape index (κ3) is 4.90. The maximum atomic E-state index is 12.6. The lowest BCUT2D eigenvalue weighted by Gasteiger charge is -2.22.